The summed E-state index contributed by atoms with van der Waals surface area (Å²) in [4.78, 5) is 11.0. The van der Waals surface area contributed by atoms with Gasteiger partial charge >= 0.3 is 0 Å². The SMILES string of the molecule is Cl.O=C1CCC(Nc2cccc(F)c2)CC1. The number of rotatable bonds is 2. The minimum atomic E-state index is -0.230. The molecule has 0 aliphatic heterocycles. The third-order valence-electron chi connectivity index (χ3n) is 2.74. The zero-order valence-electron chi connectivity index (χ0n) is 8.91. The van der Waals surface area contributed by atoms with Gasteiger partial charge in [-0.25, -0.2) is 4.39 Å². The van der Waals surface area contributed by atoms with Gasteiger partial charge in [-0.2, -0.15) is 0 Å². The number of hydrogen-bond donors (Lipinski definition) is 1. The molecule has 0 saturated heterocycles. The van der Waals surface area contributed by atoms with Gasteiger partial charge in [0.2, 0.25) is 0 Å². The van der Waals surface area contributed by atoms with Gasteiger partial charge in [0.15, 0.2) is 0 Å². The van der Waals surface area contributed by atoms with Crippen LogP contribution in [0.5, 0.6) is 0 Å². The smallest absolute Gasteiger partial charge is 0.133 e. The average Bonchev–Trinajstić information content (AvgIpc) is 2.22. The van der Waals surface area contributed by atoms with Crippen molar-refractivity contribution in [1.29, 1.82) is 0 Å². The van der Waals surface area contributed by atoms with Crippen molar-refractivity contribution in [3.05, 3.63) is 30.1 Å². The van der Waals surface area contributed by atoms with Crippen LogP contribution in [0.3, 0.4) is 0 Å². The second-order valence-corrected chi connectivity index (χ2v) is 3.97. The first-order valence-electron chi connectivity index (χ1n) is 5.28. The van der Waals surface area contributed by atoms with Crippen molar-refractivity contribution in [2.45, 2.75) is 31.7 Å². The van der Waals surface area contributed by atoms with Gasteiger partial charge in [0.25, 0.3) is 0 Å². The Morgan fingerprint density at radius 3 is 2.56 bits per heavy atom. The van der Waals surface area contributed by atoms with Gasteiger partial charge in [-0.3, -0.25) is 4.79 Å². The zero-order chi connectivity index (χ0) is 10.7. The van der Waals surface area contributed by atoms with Crippen molar-refractivity contribution < 1.29 is 9.18 Å². The van der Waals surface area contributed by atoms with Crippen molar-refractivity contribution in [2.75, 3.05) is 5.32 Å². The van der Waals surface area contributed by atoms with Crippen LogP contribution in [0.2, 0.25) is 0 Å². The zero-order valence-corrected chi connectivity index (χ0v) is 9.73. The van der Waals surface area contributed by atoms with E-state index in [0.29, 0.717) is 24.7 Å². The van der Waals surface area contributed by atoms with E-state index in [1.165, 1.54) is 12.1 Å². The minimum Gasteiger partial charge on any atom is -0.382 e. The van der Waals surface area contributed by atoms with Crippen LogP contribution in [0, 0.1) is 5.82 Å². The summed E-state index contributed by atoms with van der Waals surface area (Å²) in [6, 6.07) is 6.75. The van der Waals surface area contributed by atoms with Crippen LogP contribution < -0.4 is 5.32 Å². The normalized spacial score (nSPS) is 16.7. The van der Waals surface area contributed by atoms with E-state index in [1.54, 1.807) is 6.07 Å². The fourth-order valence-corrected chi connectivity index (χ4v) is 1.90. The Kier molecular flexibility index (Phi) is 4.74. The number of benzene rings is 1. The number of nitrogens with one attached hydrogen (secondary N) is 1. The van der Waals surface area contributed by atoms with Crippen molar-refractivity contribution in [3.8, 4) is 0 Å². The second kappa shape index (κ2) is 5.85. The molecule has 0 unspecified atom stereocenters. The van der Waals surface area contributed by atoms with Crippen molar-refractivity contribution in [2.24, 2.45) is 0 Å². The topological polar surface area (TPSA) is 29.1 Å². The molecule has 1 fully saturated rings. The summed E-state index contributed by atoms with van der Waals surface area (Å²) in [6.45, 7) is 0. The van der Waals surface area contributed by atoms with Crippen LogP contribution >= 0.6 is 12.4 Å². The van der Waals surface area contributed by atoms with Crippen LogP contribution in [0.15, 0.2) is 24.3 Å². The monoisotopic (exact) mass is 243 g/mol. The molecule has 1 saturated carbocycles. The highest BCUT2D eigenvalue weighted by atomic mass is 35.5. The first-order chi connectivity index (χ1) is 7.24. The molecule has 0 amide bonds. The van der Waals surface area contributed by atoms with E-state index in [4.69, 9.17) is 0 Å². The molecule has 0 aromatic heterocycles. The molecule has 1 N–H and O–H groups in total. The lowest BCUT2D eigenvalue weighted by molar-refractivity contribution is -0.120. The van der Waals surface area contributed by atoms with Gasteiger partial charge in [0, 0.05) is 24.6 Å². The standard InChI is InChI=1S/C12H14FNO.ClH/c13-9-2-1-3-11(8-9)14-10-4-6-12(15)7-5-10;/h1-3,8,10,14H,4-7H2;1H. The van der Waals surface area contributed by atoms with E-state index in [1.807, 2.05) is 6.07 Å². The van der Waals surface area contributed by atoms with Gasteiger partial charge in [0.1, 0.15) is 11.6 Å². The van der Waals surface area contributed by atoms with E-state index in [0.717, 1.165) is 18.5 Å². The number of hydrogen-bond acceptors (Lipinski definition) is 2. The minimum absolute atomic E-state index is 0. The van der Waals surface area contributed by atoms with Crippen LogP contribution in [0.4, 0.5) is 10.1 Å². The quantitative estimate of drug-likeness (QED) is 0.865. The van der Waals surface area contributed by atoms with Gasteiger partial charge < -0.3 is 5.32 Å². The van der Waals surface area contributed by atoms with Crippen LogP contribution in [-0.4, -0.2) is 11.8 Å². The third-order valence-corrected chi connectivity index (χ3v) is 2.74. The molecular formula is C12H15ClFNO. The average molecular weight is 244 g/mol. The number of ketones is 1. The molecule has 2 nitrogen and oxygen atoms in total. The summed E-state index contributed by atoms with van der Waals surface area (Å²) in [7, 11) is 0. The summed E-state index contributed by atoms with van der Waals surface area (Å²) in [6.07, 6.45) is 3.00. The van der Waals surface area contributed by atoms with E-state index in [2.05, 4.69) is 5.32 Å². The summed E-state index contributed by atoms with van der Waals surface area (Å²) in [5, 5.41) is 3.25. The van der Waals surface area contributed by atoms with E-state index < -0.39 is 0 Å². The Hall–Kier alpha value is -1.09. The molecule has 1 aromatic carbocycles. The van der Waals surface area contributed by atoms with Gasteiger partial charge in [-0.05, 0) is 31.0 Å². The lowest BCUT2D eigenvalue weighted by Gasteiger charge is -2.23. The number of anilines is 1. The van der Waals surface area contributed by atoms with Crippen LogP contribution in [-0.2, 0) is 4.79 Å². The predicted octanol–water partition coefficient (Wildman–Crippen LogP) is 3.17. The maximum atomic E-state index is 12.9. The summed E-state index contributed by atoms with van der Waals surface area (Å²) >= 11 is 0. The third kappa shape index (κ3) is 3.49. The number of halogens is 2. The molecule has 0 heterocycles. The molecule has 88 valence electrons. The predicted molar refractivity (Wildman–Crippen MR) is 64.5 cm³/mol. The van der Waals surface area contributed by atoms with E-state index >= 15 is 0 Å². The van der Waals surface area contributed by atoms with Crippen molar-refractivity contribution in [3.63, 3.8) is 0 Å². The molecule has 2 rings (SSSR count). The fraction of sp³-hybridized carbons (Fsp3) is 0.417. The largest absolute Gasteiger partial charge is 0.382 e. The van der Waals surface area contributed by atoms with Crippen LogP contribution in [0.1, 0.15) is 25.7 Å². The Labute approximate surface area is 101 Å². The first-order valence-corrected chi connectivity index (χ1v) is 5.28. The van der Waals surface area contributed by atoms with E-state index in [9.17, 15) is 9.18 Å². The summed E-state index contributed by atoms with van der Waals surface area (Å²) in [5.74, 6) is 0.110. The maximum absolute atomic E-state index is 12.9. The highest BCUT2D eigenvalue weighted by Gasteiger charge is 2.18. The molecule has 1 aliphatic carbocycles. The fourth-order valence-electron chi connectivity index (χ4n) is 1.90. The Balaban J connectivity index is 0.00000128. The summed E-state index contributed by atoms with van der Waals surface area (Å²) in [5.41, 5.74) is 0.800. The Morgan fingerprint density at radius 2 is 1.94 bits per heavy atom. The molecule has 0 bridgehead atoms. The Morgan fingerprint density at radius 1 is 1.25 bits per heavy atom. The van der Waals surface area contributed by atoms with Gasteiger partial charge in [-0.15, -0.1) is 12.4 Å². The first kappa shape index (κ1) is 13.0. The Bertz CT molecular complexity index is 360. The van der Waals surface area contributed by atoms with Gasteiger partial charge in [-0.1, -0.05) is 6.07 Å². The number of Topliss-reactive ketones (excluding diaryl/α,β-unsaturated/α-hetero) is 1. The molecular weight excluding hydrogens is 229 g/mol. The van der Waals surface area contributed by atoms with Gasteiger partial charge in [0.05, 0.1) is 0 Å². The molecule has 4 heteroatoms. The van der Waals surface area contributed by atoms with Crippen molar-refractivity contribution >= 4 is 23.9 Å². The highest BCUT2D eigenvalue weighted by molar-refractivity contribution is 5.85. The molecule has 1 aliphatic rings. The van der Waals surface area contributed by atoms with E-state index in [-0.39, 0.29) is 18.2 Å². The molecule has 0 radical (unpaired) electrons. The number of carbonyl (C=O) groups excluding carboxylic acids is 1. The lowest BCUT2D eigenvalue weighted by atomic mass is 9.94. The van der Waals surface area contributed by atoms with Crippen LogP contribution in [0.25, 0.3) is 0 Å². The summed E-state index contributed by atoms with van der Waals surface area (Å²) < 4.78 is 12.9. The molecule has 16 heavy (non-hydrogen) atoms. The number of carbonyl (C=O) groups is 1. The van der Waals surface area contributed by atoms with Crippen molar-refractivity contribution in [1.82, 2.24) is 0 Å². The second-order valence-electron chi connectivity index (χ2n) is 3.97. The molecule has 0 spiro atoms. The molecule has 1 aromatic rings. The highest BCUT2D eigenvalue weighted by Crippen LogP contribution is 2.20. The lowest BCUT2D eigenvalue weighted by Crippen LogP contribution is -2.25. The maximum Gasteiger partial charge on any atom is 0.133 e. The molecule has 0 atom stereocenters.